The lowest BCUT2D eigenvalue weighted by Gasteiger charge is -2.16. The summed E-state index contributed by atoms with van der Waals surface area (Å²) in [5.74, 6) is 0. The lowest BCUT2D eigenvalue weighted by molar-refractivity contribution is 1.29. The molecule has 0 amide bonds. The SMILES string of the molecule is c1ccc(/C(=N/P(c2ccccc2)c2ccccc2)c2ccccn2)cc1. The molecule has 1 heterocycles. The van der Waals surface area contributed by atoms with Gasteiger partial charge in [-0.2, -0.15) is 0 Å². The van der Waals surface area contributed by atoms with E-state index in [9.17, 15) is 0 Å². The number of benzene rings is 3. The second-order valence-corrected chi connectivity index (χ2v) is 7.87. The number of rotatable bonds is 5. The Labute approximate surface area is 161 Å². The Morgan fingerprint density at radius 2 is 1.11 bits per heavy atom. The molecule has 0 radical (unpaired) electrons. The molecule has 2 nitrogen and oxygen atoms in total. The second kappa shape index (κ2) is 8.53. The van der Waals surface area contributed by atoms with Crippen LogP contribution in [-0.2, 0) is 0 Å². The van der Waals surface area contributed by atoms with Crippen molar-refractivity contribution in [2.24, 2.45) is 4.76 Å². The number of aromatic nitrogens is 1. The molecule has 4 rings (SSSR count). The van der Waals surface area contributed by atoms with E-state index in [0.717, 1.165) is 17.0 Å². The number of nitrogens with zero attached hydrogens (tertiary/aromatic N) is 2. The summed E-state index contributed by atoms with van der Waals surface area (Å²) in [6.07, 6.45) is 1.82. The van der Waals surface area contributed by atoms with Gasteiger partial charge < -0.3 is 0 Å². The van der Waals surface area contributed by atoms with Gasteiger partial charge in [-0.15, -0.1) is 0 Å². The molecule has 0 N–H and O–H groups in total. The Morgan fingerprint density at radius 1 is 0.593 bits per heavy atom. The Hall–Kier alpha value is -3.09. The minimum absolute atomic E-state index is 0.890. The highest BCUT2D eigenvalue weighted by Gasteiger charge is 2.16. The van der Waals surface area contributed by atoms with Gasteiger partial charge in [-0.25, -0.2) is 4.76 Å². The van der Waals surface area contributed by atoms with Crippen LogP contribution < -0.4 is 10.6 Å². The topological polar surface area (TPSA) is 25.2 Å². The summed E-state index contributed by atoms with van der Waals surface area (Å²) < 4.78 is 5.28. The summed E-state index contributed by atoms with van der Waals surface area (Å²) in [5, 5.41) is 2.45. The lowest BCUT2D eigenvalue weighted by Crippen LogP contribution is -2.13. The molecule has 3 heteroatoms. The van der Waals surface area contributed by atoms with Crippen molar-refractivity contribution in [1.29, 1.82) is 0 Å². The summed E-state index contributed by atoms with van der Waals surface area (Å²) in [5.41, 5.74) is 2.90. The van der Waals surface area contributed by atoms with Crippen LogP contribution in [0.1, 0.15) is 11.3 Å². The largest absolute Gasteiger partial charge is 0.255 e. The van der Waals surface area contributed by atoms with Gasteiger partial charge in [-0.05, 0) is 12.1 Å². The first-order valence-corrected chi connectivity index (χ1v) is 10.2. The normalized spacial score (nSPS) is 11.5. The molecule has 4 aromatic rings. The Morgan fingerprint density at radius 3 is 1.63 bits per heavy atom. The van der Waals surface area contributed by atoms with Crippen molar-refractivity contribution in [3.8, 4) is 0 Å². The molecule has 0 bridgehead atoms. The van der Waals surface area contributed by atoms with Crippen molar-refractivity contribution in [1.82, 2.24) is 4.98 Å². The average molecular weight is 366 g/mol. The zero-order chi connectivity index (χ0) is 18.3. The van der Waals surface area contributed by atoms with Gasteiger partial charge in [0, 0.05) is 22.4 Å². The molecule has 1 aromatic heterocycles. The predicted octanol–water partition coefficient (Wildman–Crippen LogP) is 4.97. The fourth-order valence-corrected chi connectivity index (χ4v) is 4.71. The molecule has 3 aromatic carbocycles. The molecular formula is C24H19N2P. The van der Waals surface area contributed by atoms with Crippen molar-refractivity contribution in [3.63, 3.8) is 0 Å². The monoisotopic (exact) mass is 366 g/mol. The minimum Gasteiger partial charge on any atom is -0.255 e. The van der Waals surface area contributed by atoms with E-state index in [2.05, 4.69) is 65.6 Å². The van der Waals surface area contributed by atoms with E-state index in [4.69, 9.17) is 4.76 Å². The van der Waals surface area contributed by atoms with E-state index in [1.807, 2.05) is 54.7 Å². The molecule has 27 heavy (non-hydrogen) atoms. The lowest BCUT2D eigenvalue weighted by atomic mass is 10.1. The van der Waals surface area contributed by atoms with Gasteiger partial charge in [0.25, 0.3) is 0 Å². The summed E-state index contributed by atoms with van der Waals surface area (Å²) in [6, 6.07) is 37.3. The van der Waals surface area contributed by atoms with Crippen molar-refractivity contribution < 1.29 is 0 Å². The molecule has 0 saturated carbocycles. The molecule has 0 aliphatic carbocycles. The van der Waals surface area contributed by atoms with Crippen LogP contribution in [0.2, 0.25) is 0 Å². The molecule has 0 saturated heterocycles. The van der Waals surface area contributed by atoms with Crippen LogP contribution in [-0.4, -0.2) is 10.7 Å². The average Bonchev–Trinajstić information content (AvgIpc) is 2.77. The van der Waals surface area contributed by atoms with Crippen molar-refractivity contribution in [2.75, 3.05) is 0 Å². The second-order valence-electron chi connectivity index (χ2n) is 6.01. The van der Waals surface area contributed by atoms with Crippen LogP contribution in [0.25, 0.3) is 0 Å². The van der Waals surface area contributed by atoms with Crippen LogP contribution in [0.15, 0.2) is 120 Å². The maximum absolute atomic E-state index is 5.28. The highest BCUT2D eigenvalue weighted by molar-refractivity contribution is 7.72. The Kier molecular flexibility index (Phi) is 5.47. The third kappa shape index (κ3) is 4.19. The van der Waals surface area contributed by atoms with Gasteiger partial charge in [0.05, 0.1) is 19.5 Å². The first kappa shape index (κ1) is 17.3. The van der Waals surface area contributed by atoms with Crippen LogP contribution in [0.3, 0.4) is 0 Å². The summed E-state index contributed by atoms with van der Waals surface area (Å²) in [7, 11) is -0.890. The van der Waals surface area contributed by atoms with E-state index in [-0.39, 0.29) is 0 Å². The summed E-state index contributed by atoms with van der Waals surface area (Å²) >= 11 is 0. The van der Waals surface area contributed by atoms with Crippen molar-refractivity contribution in [2.45, 2.75) is 0 Å². The molecule has 130 valence electrons. The summed E-state index contributed by atoms with van der Waals surface area (Å²) in [6.45, 7) is 0. The van der Waals surface area contributed by atoms with E-state index >= 15 is 0 Å². The molecule has 0 aliphatic rings. The van der Waals surface area contributed by atoms with Gasteiger partial charge in [-0.3, -0.25) is 4.98 Å². The Bertz CT molecular complexity index is 920. The fraction of sp³-hybridized carbons (Fsp3) is 0. The van der Waals surface area contributed by atoms with Gasteiger partial charge in [0.15, 0.2) is 0 Å². The van der Waals surface area contributed by atoms with E-state index < -0.39 is 8.07 Å². The van der Waals surface area contributed by atoms with Crippen LogP contribution in [0, 0.1) is 0 Å². The van der Waals surface area contributed by atoms with Crippen molar-refractivity contribution in [3.05, 3.63) is 127 Å². The summed E-state index contributed by atoms with van der Waals surface area (Å²) in [4.78, 5) is 4.58. The smallest absolute Gasteiger partial charge is 0.0955 e. The number of hydrogen-bond acceptors (Lipinski definition) is 2. The quantitative estimate of drug-likeness (QED) is 0.362. The van der Waals surface area contributed by atoms with Gasteiger partial charge in [0.1, 0.15) is 0 Å². The molecule has 0 unspecified atom stereocenters. The van der Waals surface area contributed by atoms with E-state index in [0.29, 0.717) is 0 Å². The highest BCUT2D eigenvalue weighted by atomic mass is 31.1. The van der Waals surface area contributed by atoms with Gasteiger partial charge >= 0.3 is 0 Å². The predicted molar refractivity (Wildman–Crippen MR) is 115 cm³/mol. The molecule has 0 atom stereocenters. The van der Waals surface area contributed by atoms with Crippen LogP contribution >= 0.6 is 8.07 Å². The minimum atomic E-state index is -0.890. The maximum Gasteiger partial charge on any atom is 0.0955 e. The first-order valence-electron chi connectivity index (χ1n) is 8.87. The zero-order valence-electron chi connectivity index (χ0n) is 14.8. The first-order chi connectivity index (χ1) is 13.4. The number of pyridine rings is 1. The molecule has 0 spiro atoms. The van der Waals surface area contributed by atoms with Crippen LogP contribution in [0.4, 0.5) is 0 Å². The fourth-order valence-electron chi connectivity index (χ4n) is 2.86. The molecule has 0 aliphatic heterocycles. The van der Waals surface area contributed by atoms with E-state index in [1.165, 1.54) is 10.6 Å². The molecule has 0 fully saturated rings. The highest BCUT2D eigenvalue weighted by Crippen LogP contribution is 2.36. The van der Waals surface area contributed by atoms with E-state index in [1.54, 1.807) is 0 Å². The van der Waals surface area contributed by atoms with Gasteiger partial charge in [0.2, 0.25) is 0 Å². The molecular weight excluding hydrogens is 347 g/mol. The Balaban J connectivity index is 1.90. The maximum atomic E-state index is 5.28. The van der Waals surface area contributed by atoms with Gasteiger partial charge in [-0.1, -0.05) is 97.1 Å². The third-order valence-corrected chi connectivity index (χ3v) is 6.13. The zero-order valence-corrected chi connectivity index (χ0v) is 15.7. The standard InChI is InChI=1S/C24H19N2P/c1-4-12-20(13-5-1)24(23-18-10-11-19-25-23)26-27(21-14-6-2-7-15-21)22-16-8-3-9-17-22/h1-19H/b26-24-. The third-order valence-electron chi connectivity index (χ3n) is 4.16. The van der Waals surface area contributed by atoms with Crippen molar-refractivity contribution >= 4 is 24.4 Å². The number of hydrogen-bond donors (Lipinski definition) is 0. The van der Waals surface area contributed by atoms with Crippen LogP contribution in [0.5, 0.6) is 0 Å².